The molecule has 4 rings (SSSR count). The lowest BCUT2D eigenvalue weighted by atomic mass is 10.1. The fourth-order valence-corrected chi connectivity index (χ4v) is 4.28. The quantitative estimate of drug-likeness (QED) is 0.542. The summed E-state index contributed by atoms with van der Waals surface area (Å²) in [6, 6.07) is 13.2. The van der Waals surface area contributed by atoms with Gasteiger partial charge in [0.1, 0.15) is 5.69 Å². The molecule has 2 heterocycles. The number of carbonyl (C=O) groups is 2. The summed E-state index contributed by atoms with van der Waals surface area (Å²) < 4.78 is 4.01. The van der Waals surface area contributed by atoms with Gasteiger partial charge in [-0.25, -0.2) is 9.29 Å². The lowest BCUT2D eigenvalue weighted by Crippen LogP contribution is -2.43. The fraction of sp³-hybridized carbons (Fsp3) is 0.292. The van der Waals surface area contributed by atoms with Gasteiger partial charge < -0.3 is 20.1 Å². The van der Waals surface area contributed by atoms with Crippen molar-refractivity contribution in [3.05, 3.63) is 71.8 Å². The van der Waals surface area contributed by atoms with E-state index in [9.17, 15) is 9.59 Å². The second-order valence-corrected chi connectivity index (χ2v) is 8.85. The minimum Gasteiger partial charge on any atom is -0.369 e. The first kappa shape index (κ1) is 22.9. The van der Waals surface area contributed by atoms with E-state index in [1.165, 1.54) is 6.20 Å². The van der Waals surface area contributed by atoms with Crippen molar-refractivity contribution in [2.24, 2.45) is 7.05 Å². The Hall–Kier alpha value is -3.30. The zero-order valence-electron chi connectivity index (χ0n) is 19.0. The van der Waals surface area contributed by atoms with Crippen molar-refractivity contribution < 1.29 is 9.59 Å². The van der Waals surface area contributed by atoms with E-state index in [4.69, 9.17) is 0 Å². The Morgan fingerprint density at radius 3 is 2.33 bits per heavy atom. The third kappa shape index (κ3) is 5.37. The molecule has 1 fully saturated rings. The summed E-state index contributed by atoms with van der Waals surface area (Å²) >= 11 is 1.79. The third-order valence-corrected chi connectivity index (χ3v) is 6.67. The number of nitrogens with zero attached hydrogens (tertiary/aromatic N) is 4. The third-order valence-electron chi connectivity index (χ3n) is 5.78. The number of nitrogens with one attached hydrogen (secondary N) is 2. The van der Waals surface area contributed by atoms with Crippen LogP contribution < -0.4 is 15.5 Å². The van der Waals surface area contributed by atoms with E-state index in [2.05, 4.69) is 31.1 Å². The highest BCUT2D eigenvalue weighted by Crippen LogP contribution is 2.23. The molecular formula is C24H28N6O2S. The normalized spacial score (nSPS) is 14.2. The van der Waals surface area contributed by atoms with Gasteiger partial charge in [0.15, 0.2) is 0 Å². The molecule has 3 aromatic rings. The Balaban J connectivity index is 1.41. The molecule has 1 saturated heterocycles. The van der Waals surface area contributed by atoms with Crippen LogP contribution in [0.5, 0.6) is 0 Å². The molecule has 0 radical (unpaired) electrons. The molecule has 1 aromatic heterocycles. The van der Waals surface area contributed by atoms with Crippen LogP contribution in [0.2, 0.25) is 0 Å². The van der Waals surface area contributed by atoms with Gasteiger partial charge in [-0.3, -0.25) is 9.59 Å². The van der Waals surface area contributed by atoms with Crippen molar-refractivity contribution in [1.82, 2.24) is 13.9 Å². The number of aromatic nitrogens is 2. The van der Waals surface area contributed by atoms with Crippen molar-refractivity contribution in [1.29, 1.82) is 0 Å². The summed E-state index contributed by atoms with van der Waals surface area (Å²) in [6.07, 6.45) is 5.19. The topological polar surface area (TPSA) is 82.5 Å². The van der Waals surface area contributed by atoms with Crippen molar-refractivity contribution in [2.45, 2.75) is 6.92 Å². The first-order valence-corrected chi connectivity index (χ1v) is 12.0. The average molecular weight is 465 g/mol. The van der Waals surface area contributed by atoms with E-state index in [1.807, 2.05) is 37.3 Å². The van der Waals surface area contributed by atoms with E-state index in [1.54, 1.807) is 42.0 Å². The first-order chi connectivity index (χ1) is 15.9. The molecule has 2 amide bonds. The van der Waals surface area contributed by atoms with Gasteiger partial charge in [0.05, 0.1) is 12.5 Å². The molecule has 0 unspecified atom stereocenters. The summed E-state index contributed by atoms with van der Waals surface area (Å²) in [7, 11) is 1.76. The molecule has 0 spiro atoms. The number of imidazole rings is 1. The number of hydrogen-bond donors (Lipinski definition) is 2. The molecule has 9 heteroatoms. The number of hydrogen-bond acceptors (Lipinski definition) is 6. The van der Waals surface area contributed by atoms with Gasteiger partial charge in [0, 0.05) is 55.9 Å². The van der Waals surface area contributed by atoms with Crippen molar-refractivity contribution in [3.63, 3.8) is 0 Å². The maximum absolute atomic E-state index is 12.8. The predicted molar refractivity (Wildman–Crippen MR) is 134 cm³/mol. The number of benzene rings is 2. The van der Waals surface area contributed by atoms with E-state index in [-0.39, 0.29) is 11.8 Å². The van der Waals surface area contributed by atoms with Crippen molar-refractivity contribution >= 4 is 40.8 Å². The molecule has 8 nitrogen and oxygen atoms in total. The Morgan fingerprint density at radius 2 is 1.70 bits per heavy atom. The summed E-state index contributed by atoms with van der Waals surface area (Å²) in [5.41, 5.74) is 4.26. The molecule has 1 aliphatic heterocycles. The lowest BCUT2D eigenvalue weighted by Gasteiger charge is -2.34. The van der Waals surface area contributed by atoms with E-state index in [0.29, 0.717) is 16.9 Å². The van der Waals surface area contributed by atoms with Crippen LogP contribution in [-0.4, -0.2) is 58.1 Å². The van der Waals surface area contributed by atoms with E-state index < -0.39 is 0 Å². The Bertz CT molecular complexity index is 1140. The molecule has 2 N–H and O–H groups in total. The summed E-state index contributed by atoms with van der Waals surface area (Å²) in [5, 5.41) is 5.82. The zero-order chi connectivity index (χ0) is 23.4. The van der Waals surface area contributed by atoms with E-state index >= 15 is 0 Å². The van der Waals surface area contributed by atoms with Crippen molar-refractivity contribution in [3.8, 4) is 0 Å². The van der Waals surface area contributed by atoms with Gasteiger partial charge in [-0.15, -0.1) is 0 Å². The van der Waals surface area contributed by atoms with Crippen LogP contribution in [0, 0.1) is 6.92 Å². The highest BCUT2D eigenvalue weighted by atomic mass is 32.2. The van der Waals surface area contributed by atoms with Crippen LogP contribution in [0.1, 0.15) is 26.4 Å². The Labute approximate surface area is 198 Å². The van der Waals surface area contributed by atoms with Crippen LogP contribution in [-0.2, 0) is 7.05 Å². The Kier molecular flexibility index (Phi) is 7.00. The van der Waals surface area contributed by atoms with Gasteiger partial charge in [0.2, 0.25) is 0 Å². The number of amides is 2. The number of piperazine rings is 1. The van der Waals surface area contributed by atoms with Crippen molar-refractivity contribution in [2.75, 3.05) is 48.0 Å². The summed E-state index contributed by atoms with van der Waals surface area (Å²) in [6.45, 7) is 5.93. The van der Waals surface area contributed by atoms with Crippen LogP contribution in [0.3, 0.4) is 0 Å². The number of aryl methyl sites for hydroxylation is 2. The van der Waals surface area contributed by atoms with Gasteiger partial charge in [-0.2, -0.15) is 0 Å². The highest BCUT2D eigenvalue weighted by molar-refractivity contribution is 7.96. The van der Waals surface area contributed by atoms with E-state index in [0.717, 1.165) is 43.1 Å². The second-order valence-electron chi connectivity index (χ2n) is 7.97. The van der Waals surface area contributed by atoms with Crippen LogP contribution in [0.25, 0.3) is 0 Å². The van der Waals surface area contributed by atoms with Gasteiger partial charge in [-0.05, 0) is 55.1 Å². The molecule has 2 aromatic carbocycles. The molecule has 0 atom stereocenters. The van der Waals surface area contributed by atoms with Gasteiger partial charge >= 0.3 is 0 Å². The van der Waals surface area contributed by atoms with Crippen LogP contribution >= 0.6 is 11.9 Å². The van der Waals surface area contributed by atoms with Crippen LogP contribution in [0.15, 0.2) is 55.0 Å². The standard InChI is InChI=1S/C24H28N6O2S/c1-17-4-5-18(14-21(17)27-24(32)22-15-25-16-28(22)2)23(31)26-19-6-8-20(9-7-19)29-10-12-30(33-3)13-11-29/h4-9,14-16H,10-13H2,1-3H3,(H,26,31)(H,27,32). The van der Waals surface area contributed by atoms with Crippen LogP contribution in [0.4, 0.5) is 17.1 Å². The van der Waals surface area contributed by atoms with Gasteiger partial charge in [0.25, 0.3) is 11.8 Å². The second kappa shape index (κ2) is 10.1. The molecule has 172 valence electrons. The SMILES string of the molecule is CSN1CCN(c2ccc(NC(=O)c3ccc(C)c(NC(=O)c4cncn4C)c3)cc2)CC1. The first-order valence-electron chi connectivity index (χ1n) is 10.8. The Morgan fingerprint density at radius 1 is 0.970 bits per heavy atom. The molecule has 0 saturated carbocycles. The highest BCUT2D eigenvalue weighted by Gasteiger charge is 2.17. The summed E-state index contributed by atoms with van der Waals surface area (Å²) in [4.78, 5) is 31.7. The largest absolute Gasteiger partial charge is 0.369 e. The minimum atomic E-state index is -0.274. The average Bonchev–Trinajstić information content (AvgIpc) is 3.27. The number of anilines is 3. The molecule has 0 aliphatic carbocycles. The smallest absolute Gasteiger partial charge is 0.273 e. The molecular weight excluding hydrogens is 436 g/mol. The fourth-order valence-electron chi connectivity index (χ4n) is 3.75. The number of rotatable bonds is 6. The molecule has 0 bridgehead atoms. The number of carbonyl (C=O) groups excluding carboxylic acids is 2. The predicted octanol–water partition coefficient (Wildman–Crippen LogP) is 3.63. The lowest BCUT2D eigenvalue weighted by molar-refractivity contribution is 0.101. The molecule has 33 heavy (non-hydrogen) atoms. The van der Waals surface area contributed by atoms with Gasteiger partial charge in [-0.1, -0.05) is 18.0 Å². The summed E-state index contributed by atoms with van der Waals surface area (Å²) in [5.74, 6) is -0.503. The zero-order valence-corrected chi connectivity index (χ0v) is 19.9. The monoisotopic (exact) mass is 464 g/mol. The minimum absolute atomic E-state index is 0.229. The maximum Gasteiger partial charge on any atom is 0.273 e. The molecule has 1 aliphatic rings. The maximum atomic E-state index is 12.8.